The van der Waals surface area contributed by atoms with Gasteiger partial charge < -0.3 is 5.32 Å². The van der Waals surface area contributed by atoms with Gasteiger partial charge in [-0.1, -0.05) is 12.1 Å². The number of amides is 3. The number of imide groups is 1. The van der Waals surface area contributed by atoms with Crippen LogP contribution in [-0.2, 0) is 4.79 Å². The van der Waals surface area contributed by atoms with E-state index in [9.17, 15) is 22.8 Å². The van der Waals surface area contributed by atoms with Crippen LogP contribution >= 0.6 is 0 Å². The van der Waals surface area contributed by atoms with Gasteiger partial charge in [0, 0.05) is 0 Å². The summed E-state index contributed by atoms with van der Waals surface area (Å²) >= 11 is 0. The Morgan fingerprint density at radius 2 is 1.89 bits per heavy atom. The van der Waals surface area contributed by atoms with Gasteiger partial charge in [-0.25, -0.2) is 9.69 Å². The van der Waals surface area contributed by atoms with E-state index in [0.29, 0.717) is 11.8 Å². The van der Waals surface area contributed by atoms with Gasteiger partial charge in [-0.15, -0.1) is 0 Å². The molecule has 0 spiro atoms. The predicted molar refractivity (Wildman–Crippen MR) is 61.7 cm³/mol. The number of alkyl halides is 3. The number of halogens is 3. The number of urea groups is 1. The number of aryl methyl sites for hydroxylation is 1. The highest BCUT2D eigenvalue weighted by molar-refractivity contribution is 6.23. The summed E-state index contributed by atoms with van der Waals surface area (Å²) in [7, 11) is 0. The van der Waals surface area contributed by atoms with Crippen LogP contribution in [0.2, 0.25) is 0 Å². The molecular formula is C12H11F3N2O2. The molecule has 1 fully saturated rings. The molecule has 7 heteroatoms. The van der Waals surface area contributed by atoms with E-state index in [0.717, 1.165) is 5.56 Å². The minimum atomic E-state index is -4.85. The van der Waals surface area contributed by atoms with Crippen LogP contribution in [0.15, 0.2) is 24.3 Å². The van der Waals surface area contributed by atoms with Crippen molar-refractivity contribution in [1.82, 2.24) is 5.32 Å². The Bertz CT molecular complexity index is 556. The number of nitrogens with zero attached hydrogens (tertiary/aromatic N) is 1. The Hall–Kier alpha value is -2.05. The highest BCUT2D eigenvalue weighted by Crippen LogP contribution is 2.36. The van der Waals surface area contributed by atoms with E-state index in [1.54, 1.807) is 24.4 Å². The number of anilines is 1. The number of hydrogen-bond donors (Lipinski definition) is 1. The summed E-state index contributed by atoms with van der Waals surface area (Å²) in [5.41, 5.74) is -2.03. The quantitative estimate of drug-likeness (QED) is 0.798. The van der Waals surface area contributed by atoms with Crippen molar-refractivity contribution in [3.63, 3.8) is 0 Å². The molecule has 1 unspecified atom stereocenters. The lowest BCUT2D eigenvalue weighted by Crippen LogP contribution is -2.56. The molecule has 0 saturated carbocycles. The highest BCUT2D eigenvalue weighted by atomic mass is 19.4. The number of carbonyl (C=O) groups excluding carboxylic acids is 2. The summed E-state index contributed by atoms with van der Waals surface area (Å²) in [6.07, 6.45) is -4.85. The molecule has 0 aliphatic carbocycles. The standard InChI is InChI=1S/C12H11F3N2O2/c1-7-4-3-5-8(6-7)17-9(18)11(2,12(13,14)15)16-10(17)19/h3-6H,1-2H3,(H,16,19). The summed E-state index contributed by atoms with van der Waals surface area (Å²) in [5.74, 6) is -1.32. The molecular weight excluding hydrogens is 261 g/mol. The van der Waals surface area contributed by atoms with Crippen molar-refractivity contribution >= 4 is 17.6 Å². The van der Waals surface area contributed by atoms with E-state index < -0.39 is 23.7 Å². The molecule has 19 heavy (non-hydrogen) atoms. The van der Waals surface area contributed by atoms with E-state index in [1.807, 2.05) is 0 Å². The minimum absolute atomic E-state index is 0.121. The number of benzene rings is 1. The Morgan fingerprint density at radius 3 is 2.37 bits per heavy atom. The van der Waals surface area contributed by atoms with Crippen molar-refractivity contribution in [2.75, 3.05) is 4.90 Å². The SMILES string of the molecule is Cc1cccc(N2C(=O)NC(C)(C(F)(F)F)C2=O)c1. The summed E-state index contributed by atoms with van der Waals surface area (Å²) in [6.45, 7) is 2.37. The van der Waals surface area contributed by atoms with Gasteiger partial charge in [0.1, 0.15) is 0 Å². The Balaban J connectivity index is 2.45. The molecule has 1 atom stereocenters. The maximum absolute atomic E-state index is 12.9. The van der Waals surface area contributed by atoms with Crippen LogP contribution in [0.4, 0.5) is 23.7 Å². The lowest BCUT2D eigenvalue weighted by atomic mass is 10.0. The van der Waals surface area contributed by atoms with Crippen LogP contribution in [0.25, 0.3) is 0 Å². The first-order valence-corrected chi connectivity index (χ1v) is 5.47. The molecule has 1 aromatic rings. The fraction of sp³-hybridized carbons (Fsp3) is 0.333. The van der Waals surface area contributed by atoms with Crippen molar-refractivity contribution in [2.24, 2.45) is 0 Å². The minimum Gasteiger partial charge on any atom is -0.315 e. The van der Waals surface area contributed by atoms with Crippen LogP contribution in [0.3, 0.4) is 0 Å². The Kier molecular flexibility index (Phi) is 2.80. The number of hydrogen-bond acceptors (Lipinski definition) is 2. The van der Waals surface area contributed by atoms with Crippen LogP contribution in [-0.4, -0.2) is 23.7 Å². The first-order chi connectivity index (χ1) is 8.67. The second-order valence-electron chi connectivity index (χ2n) is 4.53. The number of nitrogens with one attached hydrogen (secondary N) is 1. The zero-order valence-electron chi connectivity index (χ0n) is 10.2. The monoisotopic (exact) mass is 272 g/mol. The molecule has 0 radical (unpaired) electrons. The zero-order valence-corrected chi connectivity index (χ0v) is 10.2. The van der Waals surface area contributed by atoms with Gasteiger partial charge in [-0.2, -0.15) is 13.2 Å². The molecule has 1 heterocycles. The van der Waals surface area contributed by atoms with Gasteiger partial charge >= 0.3 is 12.2 Å². The first-order valence-electron chi connectivity index (χ1n) is 5.47. The second-order valence-corrected chi connectivity index (χ2v) is 4.53. The van der Waals surface area contributed by atoms with Gasteiger partial charge in [0.25, 0.3) is 5.91 Å². The van der Waals surface area contributed by atoms with Gasteiger partial charge in [-0.3, -0.25) is 4.79 Å². The van der Waals surface area contributed by atoms with Crippen molar-refractivity contribution in [2.45, 2.75) is 25.6 Å². The van der Waals surface area contributed by atoms with Crippen molar-refractivity contribution in [3.8, 4) is 0 Å². The molecule has 1 aromatic carbocycles. The van der Waals surface area contributed by atoms with Crippen molar-refractivity contribution in [3.05, 3.63) is 29.8 Å². The van der Waals surface area contributed by atoms with Gasteiger partial charge in [0.15, 0.2) is 0 Å². The first kappa shape index (κ1) is 13.4. The smallest absolute Gasteiger partial charge is 0.315 e. The second kappa shape index (κ2) is 3.97. The highest BCUT2D eigenvalue weighted by Gasteiger charge is 2.64. The van der Waals surface area contributed by atoms with Crippen LogP contribution < -0.4 is 10.2 Å². The molecule has 0 bridgehead atoms. The summed E-state index contributed by atoms with van der Waals surface area (Å²) < 4.78 is 38.6. The molecule has 1 aliphatic heterocycles. The average Bonchev–Trinajstić information content (AvgIpc) is 2.50. The van der Waals surface area contributed by atoms with E-state index in [-0.39, 0.29) is 5.69 Å². The van der Waals surface area contributed by atoms with Crippen LogP contribution in [0.1, 0.15) is 12.5 Å². The Labute approximate surface area is 107 Å². The largest absolute Gasteiger partial charge is 0.420 e. The van der Waals surface area contributed by atoms with Crippen molar-refractivity contribution in [1.29, 1.82) is 0 Å². The fourth-order valence-electron chi connectivity index (χ4n) is 1.83. The van der Waals surface area contributed by atoms with E-state index in [1.165, 1.54) is 12.1 Å². The van der Waals surface area contributed by atoms with Gasteiger partial charge in [-0.05, 0) is 31.5 Å². The lowest BCUT2D eigenvalue weighted by Gasteiger charge is -2.24. The maximum Gasteiger partial charge on any atom is 0.420 e. The molecule has 2 rings (SSSR count). The molecule has 1 N–H and O–H groups in total. The fourth-order valence-corrected chi connectivity index (χ4v) is 1.83. The molecule has 0 aromatic heterocycles. The molecule has 3 amide bonds. The molecule has 1 saturated heterocycles. The van der Waals surface area contributed by atoms with Gasteiger partial charge in [0.05, 0.1) is 5.69 Å². The maximum atomic E-state index is 12.9. The number of rotatable bonds is 1. The third-order valence-corrected chi connectivity index (χ3v) is 3.02. The Morgan fingerprint density at radius 1 is 1.26 bits per heavy atom. The molecule has 102 valence electrons. The topological polar surface area (TPSA) is 49.4 Å². The van der Waals surface area contributed by atoms with E-state index >= 15 is 0 Å². The zero-order chi connectivity index (χ0) is 14.4. The average molecular weight is 272 g/mol. The lowest BCUT2D eigenvalue weighted by molar-refractivity contribution is -0.187. The summed E-state index contributed by atoms with van der Waals surface area (Å²) in [5, 5.41) is 1.70. The third kappa shape index (κ3) is 1.94. The van der Waals surface area contributed by atoms with E-state index in [4.69, 9.17) is 0 Å². The van der Waals surface area contributed by atoms with Crippen molar-refractivity contribution < 1.29 is 22.8 Å². The third-order valence-electron chi connectivity index (χ3n) is 3.02. The predicted octanol–water partition coefficient (Wildman–Crippen LogP) is 2.37. The normalized spacial score (nSPS) is 23.7. The summed E-state index contributed by atoms with van der Waals surface area (Å²) in [6, 6.07) is 5.08. The van der Waals surface area contributed by atoms with E-state index in [2.05, 4.69) is 0 Å². The van der Waals surface area contributed by atoms with Crippen LogP contribution in [0.5, 0.6) is 0 Å². The van der Waals surface area contributed by atoms with Crippen LogP contribution in [0, 0.1) is 6.92 Å². The molecule has 1 aliphatic rings. The summed E-state index contributed by atoms with van der Waals surface area (Å²) in [4.78, 5) is 24.1. The molecule has 4 nitrogen and oxygen atoms in total. The van der Waals surface area contributed by atoms with Gasteiger partial charge in [0.2, 0.25) is 5.54 Å². The number of carbonyl (C=O) groups is 2.